The van der Waals surface area contributed by atoms with Crippen molar-refractivity contribution in [1.29, 1.82) is 0 Å². The lowest BCUT2D eigenvalue weighted by Gasteiger charge is -2.18. The number of halogens is 1. The molecule has 0 spiro atoms. The summed E-state index contributed by atoms with van der Waals surface area (Å²) in [5.41, 5.74) is 1.00. The van der Waals surface area contributed by atoms with Crippen LogP contribution in [-0.4, -0.2) is 24.0 Å². The molecule has 6 nitrogen and oxygen atoms in total. The second kappa shape index (κ2) is 8.18. The second-order valence-electron chi connectivity index (χ2n) is 5.93. The van der Waals surface area contributed by atoms with Crippen LogP contribution in [0.15, 0.2) is 64.0 Å². The first kappa shape index (κ1) is 18.8. The Morgan fingerprint density at radius 2 is 1.85 bits per heavy atom. The van der Waals surface area contributed by atoms with Crippen LogP contribution in [0.3, 0.4) is 0 Å². The van der Waals surface area contributed by atoms with E-state index in [0.717, 1.165) is 10.0 Å². The van der Waals surface area contributed by atoms with Gasteiger partial charge in [0.1, 0.15) is 5.56 Å². The first-order chi connectivity index (χ1) is 13.0. The molecule has 0 aliphatic rings. The molecule has 3 rings (SSSR count). The number of aromatic amines is 1. The molecule has 1 amide bonds. The van der Waals surface area contributed by atoms with Gasteiger partial charge < -0.3 is 15.0 Å². The van der Waals surface area contributed by atoms with Crippen LogP contribution >= 0.6 is 15.9 Å². The van der Waals surface area contributed by atoms with Crippen LogP contribution in [0.2, 0.25) is 0 Å². The molecule has 1 aromatic heterocycles. The van der Waals surface area contributed by atoms with Crippen LogP contribution in [0.1, 0.15) is 28.4 Å². The molecule has 1 unspecified atom stereocenters. The highest BCUT2D eigenvalue weighted by molar-refractivity contribution is 9.10. The molecule has 138 valence electrons. The molecule has 2 N–H and O–H groups in total. The number of amides is 1. The third-order valence-corrected chi connectivity index (χ3v) is 4.74. The van der Waals surface area contributed by atoms with E-state index in [0.29, 0.717) is 10.9 Å². The number of fused-ring (bicyclic) bond motifs is 1. The number of carbonyl (C=O) groups is 2. The van der Waals surface area contributed by atoms with Crippen molar-refractivity contribution in [3.63, 3.8) is 0 Å². The maximum atomic E-state index is 12.7. The average molecular weight is 429 g/mol. The smallest absolute Gasteiger partial charge is 0.307 e. The van der Waals surface area contributed by atoms with Crippen molar-refractivity contribution in [2.75, 3.05) is 7.11 Å². The number of aromatic nitrogens is 1. The lowest BCUT2D eigenvalue weighted by molar-refractivity contribution is -0.141. The summed E-state index contributed by atoms with van der Waals surface area (Å²) in [4.78, 5) is 40.1. The topological polar surface area (TPSA) is 88.3 Å². The van der Waals surface area contributed by atoms with Gasteiger partial charge in [0, 0.05) is 21.6 Å². The molecule has 0 aliphatic heterocycles. The number of hydrogen-bond donors (Lipinski definition) is 2. The van der Waals surface area contributed by atoms with Crippen LogP contribution in [0, 0.1) is 0 Å². The molecule has 0 radical (unpaired) electrons. The van der Waals surface area contributed by atoms with E-state index >= 15 is 0 Å². The molecule has 0 saturated carbocycles. The zero-order chi connectivity index (χ0) is 19.4. The van der Waals surface area contributed by atoms with Crippen molar-refractivity contribution < 1.29 is 14.3 Å². The van der Waals surface area contributed by atoms with Gasteiger partial charge in [0.15, 0.2) is 0 Å². The molecule has 1 heterocycles. The summed E-state index contributed by atoms with van der Waals surface area (Å²) in [5, 5.41) is 3.19. The van der Waals surface area contributed by atoms with Gasteiger partial charge in [0.05, 0.1) is 19.6 Å². The summed E-state index contributed by atoms with van der Waals surface area (Å²) >= 11 is 3.35. The predicted molar refractivity (Wildman–Crippen MR) is 106 cm³/mol. The molecule has 27 heavy (non-hydrogen) atoms. The SMILES string of the molecule is COC(=O)CC(NC(=O)c1c[nH]c2ccccc2c1=O)c1ccc(Br)cc1. The number of hydrogen-bond acceptors (Lipinski definition) is 4. The Kier molecular flexibility index (Phi) is 5.71. The number of esters is 1. The van der Waals surface area contributed by atoms with E-state index in [1.165, 1.54) is 13.3 Å². The minimum absolute atomic E-state index is 0.0133. The number of ether oxygens (including phenoxy) is 1. The zero-order valence-corrected chi connectivity index (χ0v) is 16.1. The number of para-hydroxylation sites is 1. The molecule has 3 aromatic rings. The highest BCUT2D eigenvalue weighted by Gasteiger charge is 2.21. The fraction of sp³-hybridized carbons (Fsp3) is 0.150. The Hall–Kier alpha value is -2.93. The summed E-state index contributed by atoms with van der Waals surface area (Å²) in [7, 11) is 1.29. The maximum absolute atomic E-state index is 12.7. The molecule has 0 bridgehead atoms. The Balaban J connectivity index is 1.92. The largest absolute Gasteiger partial charge is 0.469 e. The van der Waals surface area contributed by atoms with Gasteiger partial charge in [0.25, 0.3) is 5.91 Å². The minimum Gasteiger partial charge on any atom is -0.469 e. The molecule has 7 heteroatoms. The van der Waals surface area contributed by atoms with Crippen molar-refractivity contribution in [1.82, 2.24) is 10.3 Å². The molecule has 0 fully saturated rings. The van der Waals surface area contributed by atoms with Gasteiger partial charge in [-0.1, -0.05) is 40.2 Å². The zero-order valence-electron chi connectivity index (χ0n) is 14.5. The normalized spacial score (nSPS) is 11.8. The van der Waals surface area contributed by atoms with Crippen molar-refractivity contribution in [2.24, 2.45) is 0 Å². The first-order valence-corrected chi connectivity index (χ1v) is 9.02. The summed E-state index contributed by atoms with van der Waals surface area (Å²) < 4.78 is 5.60. The number of nitrogens with one attached hydrogen (secondary N) is 2. The van der Waals surface area contributed by atoms with E-state index in [-0.39, 0.29) is 17.4 Å². The van der Waals surface area contributed by atoms with Crippen molar-refractivity contribution in [2.45, 2.75) is 12.5 Å². The van der Waals surface area contributed by atoms with Gasteiger partial charge in [-0.15, -0.1) is 0 Å². The summed E-state index contributed by atoms with van der Waals surface area (Å²) in [6.07, 6.45) is 1.34. The highest BCUT2D eigenvalue weighted by atomic mass is 79.9. The fourth-order valence-corrected chi connectivity index (χ4v) is 3.03. The van der Waals surface area contributed by atoms with E-state index in [9.17, 15) is 14.4 Å². The van der Waals surface area contributed by atoms with Crippen LogP contribution in [0.25, 0.3) is 10.9 Å². The number of pyridine rings is 1. The van der Waals surface area contributed by atoms with E-state index in [2.05, 4.69) is 26.2 Å². The Morgan fingerprint density at radius 1 is 1.15 bits per heavy atom. The van der Waals surface area contributed by atoms with E-state index in [1.807, 2.05) is 12.1 Å². The number of benzene rings is 2. The highest BCUT2D eigenvalue weighted by Crippen LogP contribution is 2.21. The molecule has 0 saturated heterocycles. The molecule has 1 atom stereocenters. The number of carbonyl (C=O) groups excluding carboxylic acids is 2. The standard InChI is InChI=1S/C20H17BrN2O4/c1-27-18(24)10-17(12-6-8-13(21)9-7-12)23-20(26)15-11-22-16-5-3-2-4-14(16)19(15)25/h2-9,11,17H,10H2,1H3,(H,22,25)(H,23,26). The fourth-order valence-electron chi connectivity index (χ4n) is 2.77. The Bertz CT molecular complexity index is 1040. The number of rotatable bonds is 5. The van der Waals surface area contributed by atoms with Crippen LogP contribution in [0.5, 0.6) is 0 Å². The number of H-pyrrole nitrogens is 1. The number of methoxy groups -OCH3 is 1. The van der Waals surface area contributed by atoms with Crippen LogP contribution < -0.4 is 10.7 Å². The van der Waals surface area contributed by atoms with Crippen LogP contribution in [0.4, 0.5) is 0 Å². The lowest BCUT2D eigenvalue weighted by Crippen LogP contribution is -2.33. The minimum atomic E-state index is -0.621. The maximum Gasteiger partial charge on any atom is 0.307 e. The monoisotopic (exact) mass is 428 g/mol. The quantitative estimate of drug-likeness (QED) is 0.610. The van der Waals surface area contributed by atoms with Gasteiger partial charge >= 0.3 is 5.97 Å². The predicted octanol–water partition coefficient (Wildman–Crippen LogP) is 3.32. The van der Waals surface area contributed by atoms with E-state index < -0.39 is 17.9 Å². The third kappa shape index (κ3) is 4.25. The third-order valence-electron chi connectivity index (χ3n) is 4.21. The van der Waals surface area contributed by atoms with E-state index in [4.69, 9.17) is 4.74 Å². The van der Waals surface area contributed by atoms with Crippen molar-refractivity contribution in [3.05, 3.63) is 80.6 Å². The first-order valence-electron chi connectivity index (χ1n) is 8.23. The van der Waals surface area contributed by atoms with Gasteiger partial charge in [-0.3, -0.25) is 14.4 Å². The van der Waals surface area contributed by atoms with E-state index in [1.54, 1.807) is 36.4 Å². The van der Waals surface area contributed by atoms with Gasteiger partial charge in [-0.25, -0.2) is 0 Å². The Labute approximate surface area is 163 Å². The average Bonchev–Trinajstić information content (AvgIpc) is 2.68. The van der Waals surface area contributed by atoms with Crippen molar-refractivity contribution in [3.8, 4) is 0 Å². The van der Waals surface area contributed by atoms with Crippen molar-refractivity contribution >= 4 is 38.7 Å². The summed E-state index contributed by atoms with van der Waals surface area (Å²) in [6.45, 7) is 0. The molecule has 0 aliphatic carbocycles. The van der Waals surface area contributed by atoms with Gasteiger partial charge in [-0.2, -0.15) is 0 Å². The van der Waals surface area contributed by atoms with Gasteiger partial charge in [-0.05, 0) is 29.8 Å². The summed E-state index contributed by atoms with van der Waals surface area (Å²) in [5.74, 6) is -1.02. The molecule has 2 aromatic carbocycles. The van der Waals surface area contributed by atoms with Gasteiger partial charge in [0.2, 0.25) is 5.43 Å². The molecular formula is C20H17BrN2O4. The molecular weight excluding hydrogens is 412 g/mol. The lowest BCUT2D eigenvalue weighted by atomic mass is 10.0. The summed E-state index contributed by atoms with van der Waals surface area (Å²) in [6, 6.07) is 13.6. The van der Waals surface area contributed by atoms with Crippen LogP contribution in [-0.2, 0) is 9.53 Å². The Morgan fingerprint density at radius 3 is 2.56 bits per heavy atom. The second-order valence-corrected chi connectivity index (χ2v) is 6.85.